The molecular formula is C86H124N4O8. The SMILES string of the molecule is CC(C)CCC[C@@H](C)[C@H]1CC[C@H]2[C@@H]3CC=C4C[C@@H](OC(=O)CCNC(=O)OCCCCC#Cc5cccc(N=Nc6cccc(C#CCCCCOC(=O)NCCC(=O)O[C@H]7CC[C@@]8(C)C(=CC[C@H]9[C@@H]%10CC[C@H]([C@H](C)CCCC(C)C)[C@@]%10(C)CC[C@@H]98)C7)c6)c5)CC[C@]4(C)[C@H]3CC[C@]12C. The van der Waals surface area contributed by atoms with E-state index in [1.165, 1.54) is 114 Å². The maximum Gasteiger partial charge on any atom is 0.407 e. The summed E-state index contributed by atoms with van der Waals surface area (Å²) in [6.45, 7) is 25.8. The van der Waals surface area contributed by atoms with Crippen LogP contribution in [-0.2, 0) is 28.5 Å². The lowest BCUT2D eigenvalue weighted by molar-refractivity contribution is -0.152. The molecule has 16 atom stereocenters. The number of unbranched alkanes of at least 4 members (excludes halogenated alkanes) is 4. The summed E-state index contributed by atoms with van der Waals surface area (Å²) in [6, 6.07) is 15.3. The number of azo groups is 1. The number of allylic oxidation sites excluding steroid dienone is 2. The smallest absolute Gasteiger partial charge is 0.407 e. The van der Waals surface area contributed by atoms with Crippen LogP contribution in [-0.4, -0.2) is 62.6 Å². The Morgan fingerprint density at radius 3 is 1.36 bits per heavy atom. The molecule has 0 aliphatic heterocycles. The molecule has 8 aliphatic rings. The van der Waals surface area contributed by atoms with Crippen LogP contribution in [0.25, 0.3) is 0 Å². The number of hydrogen-bond donors (Lipinski definition) is 2. The van der Waals surface area contributed by atoms with Gasteiger partial charge in [0.25, 0.3) is 0 Å². The van der Waals surface area contributed by atoms with Gasteiger partial charge in [-0.15, -0.1) is 0 Å². The van der Waals surface area contributed by atoms with Gasteiger partial charge in [-0.2, -0.15) is 10.2 Å². The van der Waals surface area contributed by atoms with Crippen molar-refractivity contribution in [3.63, 3.8) is 0 Å². The molecule has 0 heterocycles. The number of carbonyl (C=O) groups excluding carboxylic acids is 4. The summed E-state index contributed by atoms with van der Waals surface area (Å²) in [5, 5.41) is 14.4. The van der Waals surface area contributed by atoms with Crippen molar-refractivity contribution in [1.29, 1.82) is 0 Å². The highest BCUT2D eigenvalue weighted by Crippen LogP contribution is 2.69. The van der Waals surface area contributed by atoms with Crippen LogP contribution in [0.5, 0.6) is 0 Å². The number of esters is 2. The Kier molecular flexibility index (Phi) is 26.5. The third kappa shape index (κ3) is 18.8. The predicted octanol–water partition coefficient (Wildman–Crippen LogP) is 21.3. The van der Waals surface area contributed by atoms with Crippen LogP contribution in [0.3, 0.4) is 0 Å². The summed E-state index contributed by atoms with van der Waals surface area (Å²) in [7, 11) is 0. The lowest BCUT2D eigenvalue weighted by Gasteiger charge is -2.58. The average molecular weight is 1340 g/mol. The summed E-state index contributed by atoms with van der Waals surface area (Å²) < 4.78 is 22.9. The molecule has 8 aliphatic carbocycles. The first-order valence-corrected chi connectivity index (χ1v) is 39.3. The van der Waals surface area contributed by atoms with Crippen LogP contribution in [0.4, 0.5) is 21.0 Å². The van der Waals surface area contributed by atoms with Crippen LogP contribution in [0.1, 0.15) is 273 Å². The number of hydrogen-bond acceptors (Lipinski definition) is 10. The van der Waals surface area contributed by atoms with E-state index in [0.717, 1.165) is 134 Å². The van der Waals surface area contributed by atoms with E-state index in [1.807, 2.05) is 48.5 Å². The monoisotopic (exact) mass is 1340 g/mol. The van der Waals surface area contributed by atoms with Crippen molar-refractivity contribution >= 4 is 35.5 Å². The molecule has 0 saturated heterocycles. The molecule has 536 valence electrons. The highest BCUT2D eigenvalue weighted by molar-refractivity contribution is 5.72. The van der Waals surface area contributed by atoms with E-state index in [2.05, 4.69) is 126 Å². The van der Waals surface area contributed by atoms with Crippen molar-refractivity contribution in [3.05, 3.63) is 83.0 Å². The molecular weight excluding hydrogens is 1220 g/mol. The maximum absolute atomic E-state index is 13.0. The van der Waals surface area contributed by atoms with Crippen LogP contribution < -0.4 is 10.6 Å². The first kappa shape index (κ1) is 74.8. The lowest BCUT2D eigenvalue weighted by Crippen LogP contribution is -2.51. The normalized spacial score (nSPS) is 31.2. The molecule has 2 amide bonds. The number of nitrogens with zero attached hydrogens (tertiary/aromatic N) is 2. The third-order valence-electron chi connectivity index (χ3n) is 26.6. The maximum atomic E-state index is 13.0. The van der Waals surface area contributed by atoms with Gasteiger partial charge in [0.1, 0.15) is 12.2 Å². The topological polar surface area (TPSA) is 154 Å². The summed E-state index contributed by atoms with van der Waals surface area (Å²) in [6.07, 6.45) is 35.6. The Bertz CT molecular complexity index is 3040. The van der Waals surface area contributed by atoms with Gasteiger partial charge in [0.2, 0.25) is 0 Å². The first-order chi connectivity index (χ1) is 47.1. The van der Waals surface area contributed by atoms with E-state index in [9.17, 15) is 19.2 Å². The number of ether oxygens (including phenoxy) is 4. The zero-order valence-electron chi connectivity index (χ0n) is 62.1. The van der Waals surface area contributed by atoms with Crippen molar-refractivity contribution in [3.8, 4) is 23.7 Å². The molecule has 12 heteroatoms. The minimum absolute atomic E-state index is 0.0952. The fourth-order valence-electron chi connectivity index (χ4n) is 21.3. The van der Waals surface area contributed by atoms with Crippen LogP contribution >= 0.6 is 0 Å². The minimum Gasteiger partial charge on any atom is -0.462 e. The Balaban J connectivity index is 0.540. The quantitative estimate of drug-likeness (QED) is 0.0213. The number of rotatable bonds is 28. The number of nitrogens with one attached hydrogen (secondary N) is 2. The van der Waals surface area contributed by atoms with E-state index < -0.39 is 12.2 Å². The van der Waals surface area contributed by atoms with E-state index in [1.54, 1.807) is 0 Å². The molecule has 0 unspecified atom stereocenters. The Hall–Kier alpha value is -5.88. The predicted molar refractivity (Wildman–Crippen MR) is 392 cm³/mol. The molecule has 2 N–H and O–H groups in total. The second kappa shape index (κ2) is 34.7. The molecule has 2 aromatic rings. The van der Waals surface area contributed by atoms with Crippen molar-refractivity contribution < 1.29 is 38.1 Å². The van der Waals surface area contributed by atoms with E-state index in [0.29, 0.717) is 47.9 Å². The Morgan fingerprint density at radius 2 is 0.939 bits per heavy atom. The van der Waals surface area contributed by atoms with Gasteiger partial charge in [0, 0.05) is 49.9 Å². The van der Waals surface area contributed by atoms with Gasteiger partial charge in [0.15, 0.2) is 0 Å². The molecule has 6 saturated carbocycles. The molecule has 10 rings (SSSR count). The number of carbonyl (C=O) groups is 4. The number of benzene rings is 2. The highest BCUT2D eigenvalue weighted by Gasteiger charge is 2.61. The van der Waals surface area contributed by atoms with E-state index >= 15 is 0 Å². The molecule has 0 radical (unpaired) electrons. The summed E-state index contributed by atoms with van der Waals surface area (Å²) in [5.74, 6) is 22.0. The molecule has 98 heavy (non-hydrogen) atoms. The summed E-state index contributed by atoms with van der Waals surface area (Å²) in [5.41, 5.74) is 7.46. The van der Waals surface area contributed by atoms with Crippen LogP contribution in [0, 0.1) is 116 Å². The fraction of sp³-hybridized carbons (Fsp3) is 0.721. The average Bonchev–Trinajstić information content (AvgIpc) is 1.38. The lowest BCUT2D eigenvalue weighted by atomic mass is 9.47. The molecule has 0 bridgehead atoms. The standard InChI is InChI=1S/C86H124N4O8/c1-59(2)23-19-25-61(5)73-37-39-75-71-35-33-65-57-69(41-47-83(65,7)77(71)43-49-85(73,75)9)97-79(91)45-51-87-81(93)95-53-17-13-11-15-27-63-29-21-31-67(55-63)89-90-68-32-22-30-64(56-68)28-16-12-14-18-54-96-82(94)88-52-46-80(92)98-70-42-48-84(8)66(58-70)34-36-72-76-40-38-74(62(6)26-20-24-60(3)4)86(76,10)50-44-78(72)84/h21-22,29-34,55-56,59-62,69-78H,11-14,17-20,23-26,35-54,57-58H2,1-10H3,(H,87,93)(H,88,94)/t61-,62-,69+,70+,71+,72+,73-,74-,75+,76+,77+,78+,83+,84+,85-,86-/m1/s1. The number of fused-ring (bicyclic) bond motifs is 10. The van der Waals surface area contributed by atoms with E-state index in [4.69, 9.17) is 18.9 Å². The summed E-state index contributed by atoms with van der Waals surface area (Å²) in [4.78, 5) is 50.9. The van der Waals surface area contributed by atoms with Gasteiger partial charge in [0.05, 0.1) is 37.4 Å². The molecule has 2 aromatic carbocycles. The Labute approximate surface area is 591 Å². The van der Waals surface area contributed by atoms with Crippen LogP contribution in [0.15, 0.2) is 82.1 Å². The minimum atomic E-state index is -0.523. The zero-order valence-corrected chi connectivity index (χ0v) is 62.1. The van der Waals surface area contributed by atoms with Gasteiger partial charge >= 0.3 is 24.1 Å². The van der Waals surface area contributed by atoms with Crippen molar-refractivity contribution in [2.24, 2.45) is 103 Å². The molecule has 0 spiro atoms. The molecule has 12 nitrogen and oxygen atoms in total. The van der Waals surface area contributed by atoms with Gasteiger partial charge in [-0.3, -0.25) is 9.59 Å². The summed E-state index contributed by atoms with van der Waals surface area (Å²) >= 11 is 0. The second-order valence-electron chi connectivity index (χ2n) is 33.7. The Morgan fingerprint density at radius 1 is 0.510 bits per heavy atom. The van der Waals surface area contributed by atoms with Crippen molar-refractivity contribution in [2.75, 3.05) is 26.3 Å². The molecule has 6 fully saturated rings. The number of amides is 2. The van der Waals surface area contributed by atoms with Crippen molar-refractivity contribution in [1.82, 2.24) is 10.6 Å². The largest absolute Gasteiger partial charge is 0.462 e. The highest BCUT2D eigenvalue weighted by atomic mass is 16.6. The van der Waals surface area contributed by atoms with E-state index in [-0.39, 0.29) is 74.1 Å². The van der Waals surface area contributed by atoms with Crippen molar-refractivity contribution in [2.45, 2.75) is 274 Å². The first-order valence-electron chi connectivity index (χ1n) is 39.3. The number of alkyl carbamates (subject to hydrolysis) is 2. The second-order valence-corrected chi connectivity index (χ2v) is 33.7. The fourth-order valence-corrected chi connectivity index (χ4v) is 21.3. The molecule has 0 aromatic heterocycles. The van der Waals surface area contributed by atoms with Gasteiger partial charge in [-0.05, 0) is 245 Å². The third-order valence-corrected chi connectivity index (χ3v) is 26.6. The van der Waals surface area contributed by atoms with Gasteiger partial charge in [-0.25, -0.2) is 9.59 Å². The zero-order chi connectivity index (χ0) is 69.5. The van der Waals surface area contributed by atoms with Crippen LogP contribution in [0.2, 0.25) is 0 Å². The van der Waals surface area contributed by atoms with Gasteiger partial charge in [-0.1, -0.05) is 167 Å². The van der Waals surface area contributed by atoms with Gasteiger partial charge < -0.3 is 29.6 Å².